The van der Waals surface area contributed by atoms with E-state index in [1.54, 1.807) is 0 Å². The molecule has 0 aliphatic rings. The van der Waals surface area contributed by atoms with Crippen molar-refractivity contribution in [2.45, 2.75) is 19.1 Å². The van der Waals surface area contributed by atoms with E-state index in [2.05, 4.69) is 5.32 Å². The number of amides is 1. The van der Waals surface area contributed by atoms with E-state index in [9.17, 15) is 22.8 Å². The Morgan fingerprint density at radius 2 is 1.72 bits per heavy atom. The number of carbonyl (C=O) groups excluding carboxylic acids is 2. The molecule has 3 nitrogen and oxygen atoms in total. The highest BCUT2D eigenvalue weighted by molar-refractivity contribution is 6.64. The Balaban J connectivity index is 2.80. The average molecular weight is 280 g/mol. The quantitative estimate of drug-likeness (QED) is 0.865. The molecule has 1 N–H and O–H groups in total. The van der Waals surface area contributed by atoms with Gasteiger partial charge < -0.3 is 5.32 Å². The molecule has 0 saturated heterocycles. The van der Waals surface area contributed by atoms with Crippen molar-refractivity contribution in [3.63, 3.8) is 0 Å². The molecule has 1 unspecified atom stereocenters. The zero-order chi connectivity index (χ0) is 13.9. The number of hydrogen-bond acceptors (Lipinski definition) is 2. The van der Waals surface area contributed by atoms with Crippen molar-refractivity contribution in [3.05, 3.63) is 35.4 Å². The van der Waals surface area contributed by atoms with Crippen LogP contribution >= 0.6 is 11.6 Å². The van der Waals surface area contributed by atoms with Crippen molar-refractivity contribution in [2.24, 2.45) is 0 Å². The molecule has 0 radical (unpaired) electrons. The van der Waals surface area contributed by atoms with Gasteiger partial charge in [-0.05, 0) is 42.8 Å². The Kier molecular flexibility index (Phi) is 4.34. The first kappa shape index (κ1) is 14.5. The topological polar surface area (TPSA) is 46.2 Å². The Morgan fingerprint density at radius 1 is 1.22 bits per heavy atom. The number of carbonyl (C=O) groups is 2. The fraction of sp³-hybridized carbons (Fsp3) is 0.273. The molecule has 1 aromatic rings. The number of benzene rings is 1. The Hall–Kier alpha value is -1.56. The lowest BCUT2D eigenvalue weighted by Crippen LogP contribution is -2.36. The second kappa shape index (κ2) is 5.39. The molecule has 0 bridgehead atoms. The first-order valence-electron chi connectivity index (χ1n) is 4.89. The van der Waals surface area contributed by atoms with Crippen LogP contribution in [0.4, 0.5) is 13.2 Å². The third-order valence-electron chi connectivity index (χ3n) is 2.16. The largest absolute Gasteiger partial charge is 0.416 e. The van der Waals surface area contributed by atoms with Crippen molar-refractivity contribution < 1.29 is 22.8 Å². The Bertz CT molecular complexity index is 456. The highest BCUT2D eigenvalue weighted by Crippen LogP contribution is 2.29. The molecule has 1 amide bonds. The fourth-order valence-corrected chi connectivity index (χ4v) is 1.20. The molecule has 0 spiro atoms. The van der Waals surface area contributed by atoms with Crippen LogP contribution in [0.3, 0.4) is 0 Å². The molecule has 1 rings (SSSR count). The summed E-state index contributed by atoms with van der Waals surface area (Å²) >= 11 is 5.14. The summed E-state index contributed by atoms with van der Waals surface area (Å²) in [5, 5.41) is 1.50. The molecule has 0 aromatic heterocycles. The van der Waals surface area contributed by atoms with Crippen LogP contribution in [0.25, 0.3) is 0 Å². The normalized spacial score (nSPS) is 12.9. The molecule has 18 heavy (non-hydrogen) atoms. The van der Waals surface area contributed by atoms with Crippen LogP contribution in [0, 0.1) is 0 Å². The van der Waals surface area contributed by atoms with Gasteiger partial charge >= 0.3 is 6.18 Å². The lowest BCUT2D eigenvalue weighted by molar-refractivity contribution is -0.137. The minimum Gasteiger partial charge on any atom is -0.341 e. The molecular weight excluding hydrogens is 271 g/mol. The van der Waals surface area contributed by atoms with Crippen LogP contribution in [-0.2, 0) is 11.0 Å². The summed E-state index contributed by atoms with van der Waals surface area (Å²) in [7, 11) is 0. The van der Waals surface area contributed by atoms with Gasteiger partial charge in [0, 0.05) is 5.56 Å². The molecule has 0 aliphatic heterocycles. The predicted octanol–water partition coefficient (Wildman–Crippen LogP) is 2.59. The van der Waals surface area contributed by atoms with E-state index in [1.807, 2.05) is 0 Å². The minimum absolute atomic E-state index is 0.0211. The molecular formula is C11H9ClF3NO2. The third-order valence-corrected chi connectivity index (χ3v) is 2.49. The maximum Gasteiger partial charge on any atom is 0.416 e. The van der Waals surface area contributed by atoms with E-state index in [4.69, 9.17) is 11.6 Å². The molecule has 98 valence electrons. The number of halogens is 4. The Morgan fingerprint density at radius 3 is 2.11 bits per heavy atom. The fourth-order valence-electron chi connectivity index (χ4n) is 1.15. The molecule has 0 fully saturated rings. The van der Waals surface area contributed by atoms with Gasteiger partial charge in [-0.15, -0.1) is 0 Å². The lowest BCUT2D eigenvalue weighted by Gasteiger charge is -2.10. The number of nitrogens with one attached hydrogen (secondary N) is 1. The van der Waals surface area contributed by atoms with E-state index in [0.29, 0.717) is 0 Å². The van der Waals surface area contributed by atoms with Crippen LogP contribution in [0.5, 0.6) is 0 Å². The van der Waals surface area contributed by atoms with Crippen molar-refractivity contribution in [1.82, 2.24) is 5.32 Å². The second-order valence-electron chi connectivity index (χ2n) is 3.57. The van der Waals surface area contributed by atoms with Gasteiger partial charge in [-0.25, -0.2) is 0 Å². The maximum absolute atomic E-state index is 12.3. The standard InChI is InChI=1S/C11H9ClF3NO2/c1-6(9(12)17)16-10(18)7-2-4-8(5-3-7)11(13,14)15/h2-6H,1H3,(H,16,18). The first-order chi connectivity index (χ1) is 8.21. The molecule has 0 heterocycles. The summed E-state index contributed by atoms with van der Waals surface area (Å²) in [6.45, 7) is 1.37. The van der Waals surface area contributed by atoms with Crippen molar-refractivity contribution >= 4 is 22.8 Å². The molecule has 7 heteroatoms. The van der Waals surface area contributed by atoms with Gasteiger partial charge in [0.05, 0.1) is 5.56 Å². The van der Waals surface area contributed by atoms with E-state index in [1.165, 1.54) is 6.92 Å². The van der Waals surface area contributed by atoms with Gasteiger partial charge in [0.1, 0.15) is 6.04 Å². The van der Waals surface area contributed by atoms with Gasteiger partial charge in [-0.3, -0.25) is 9.59 Å². The van der Waals surface area contributed by atoms with Crippen LogP contribution in [0.15, 0.2) is 24.3 Å². The number of hydrogen-bond donors (Lipinski definition) is 1. The zero-order valence-corrected chi connectivity index (χ0v) is 9.97. The van der Waals surface area contributed by atoms with Gasteiger partial charge in [0.2, 0.25) is 5.24 Å². The second-order valence-corrected chi connectivity index (χ2v) is 3.95. The van der Waals surface area contributed by atoms with E-state index in [0.717, 1.165) is 24.3 Å². The molecule has 0 aliphatic carbocycles. The molecule has 1 atom stereocenters. The average Bonchev–Trinajstić information content (AvgIpc) is 2.27. The smallest absolute Gasteiger partial charge is 0.341 e. The van der Waals surface area contributed by atoms with Crippen LogP contribution in [-0.4, -0.2) is 17.2 Å². The van der Waals surface area contributed by atoms with Gasteiger partial charge in [-0.1, -0.05) is 0 Å². The summed E-state index contributed by atoms with van der Waals surface area (Å²) < 4.78 is 36.8. The van der Waals surface area contributed by atoms with Crippen LogP contribution in [0.2, 0.25) is 0 Å². The summed E-state index contributed by atoms with van der Waals surface area (Å²) in [5.41, 5.74) is -0.826. The third kappa shape index (κ3) is 3.73. The lowest BCUT2D eigenvalue weighted by atomic mass is 10.1. The summed E-state index contributed by atoms with van der Waals surface area (Å²) in [6, 6.07) is 2.75. The van der Waals surface area contributed by atoms with Crippen LogP contribution < -0.4 is 5.32 Å². The van der Waals surface area contributed by atoms with Crippen molar-refractivity contribution in [3.8, 4) is 0 Å². The maximum atomic E-state index is 12.3. The summed E-state index contributed by atoms with van der Waals surface area (Å²) in [6.07, 6.45) is -4.45. The number of rotatable bonds is 3. The van der Waals surface area contributed by atoms with Crippen molar-refractivity contribution in [1.29, 1.82) is 0 Å². The van der Waals surface area contributed by atoms with E-state index < -0.39 is 28.9 Å². The monoisotopic (exact) mass is 279 g/mol. The highest BCUT2D eigenvalue weighted by atomic mass is 35.5. The van der Waals surface area contributed by atoms with E-state index >= 15 is 0 Å². The van der Waals surface area contributed by atoms with E-state index in [-0.39, 0.29) is 5.56 Å². The van der Waals surface area contributed by atoms with Gasteiger partial charge in [0.15, 0.2) is 0 Å². The SMILES string of the molecule is CC(NC(=O)c1ccc(C(F)(F)F)cc1)C(=O)Cl. The zero-order valence-electron chi connectivity index (χ0n) is 9.22. The van der Waals surface area contributed by atoms with Crippen LogP contribution in [0.1, 0.15) is 22.8 Å². The van der Waals surface area contributed by atoms with Gasteiger partial charge in [0.25, 0.3) is 5.91 Å². The van der Waals surface area contributed by atoms with Crippen molar-refractivity contribution in [2.75, 3.05) is 0 Å². The molecule has 1 aromatic carbocycles. The molecule has 0 saturated carbocycles. The summed E-state index contributed by atoms with van der Waals surface area (Å²) in [4.78, 5) is 22.2. The summed E-state index contributed by atoms with van der Waals surface area (Å²) in [5.74, 6) is -0.662. The number of alkyl halides is 3. The Labute approximate surface area is 106 Å². The first-order valence-corrected chi connectivity index (χ1v) is 5.27. The predicted molar refractivity (Wildman–Crippen MR) is 59.2 cm³/mol. The van der Waals surface area contributed by atoms with Gasteiger partial charge in [-0.2, -0.15) is 13.2 Å². The minimum atomic E-state index is -4.45. The highest BCUT2D eigenvalue weighted by Gasteiger charge is 2.30.